The van der Waals surface area contributed by atoms with E-state index in [4.69, 9.17) is 10.5 Å². The number of alkyl halides is 4. The van der Waals surface area contributed by atoms with Gasteiger partial charge in [-0.1, -0.05) is 0 Å². The summed E-state index contributed by atoms with van der Waals surface area (Å²) in [7, 11) is 0. The average molecular weight is 471 g/mol. The van der Waals surface area contributed by atoms with Crippen LogP contribution < -0.4 is 20.5 Å². The van der Waals surface area contributed by atoms with Gasteiger partial charge in [0.2, 0.25) is 0 Å². The number of carbonyl (C=O) groups is 2. The summed E-state index contributed by atoms with van der Waals surface area (Å²) in [5.41, 5.74) is 5.34. The zero-order chi connectivity index (χ0) is 23.6. The summed E-state index contributed by atoms with van der Waals surface area (Å²) < 4.78 is 61.0. The largest absolute Gasteiger partial charge is 0.490 e. The normalized spacial score (nSPS) is 11.2. The predicted molar refractivity (Wildman–Crippen MR) is 110 cm³/mol. The number of hydrogen-bond acceptors (Lipinski definition) is 6. The van der Waals surface area contributed by atoms with Gasteiger partial charge in [-0.25, -0.2) is 13.8 Å². The summed E-state index contributed by atoms with van der Waals surface area (Å²) in [6, 6.07) is 4.74. The second kappa shape index (κ2) is 9.39. The van der Waals surface area contributed by atoms with Crippen molar-refractivity contribution in [3.05, 3.63) is 46.0 Å². The minimum absolute atomic E-state index is 0.0136. The van der Waals surface area contributed by atoms with Crippen molar-refractivity contribution in [3.8, 4) is 11.5 Å². The number of benzene rings is 1. The Morgan fingerprint density at radius 1 is 1.19 bits per heavy atom. The number of amides is 2. The predicted octanol–water partition coefficient (Wildman–Crippen LogP) is 4.89. The first-order valence-electron chi connectivity index (χ1n) is 9.17. The number of halogens is 4. The highest BCUT2D eigenvalue weighted by Gasteiger charge is 2.24. The fourth-order valence-electron chi connectivity index (χ4n) is 3.01. The molecule has 170 valence electrons. The molecule has 2 aromatic heterocycles. The molecule has 1 aromatic carbocycles. The first-order chi connectivity index (χ1) is 15.1. The number of nitrogens with two attached hydrogens (primary N) is 1. The molecule has 3 aromatic rings. The molecule has 0 aliphatic rings. The van der Waals surface area contributed by atoms with Crippen molar-refractivity contribution in [3.63, 3.8) is 0 Å². The molecule has 0 fully saturated rings. The van der Waals surface area contributed by atoms with Gasteiger partial charge in [-0.3, -0.25) is 9.59 Å². The fraction of sp³-hybridized carbons (Fsp3) is 0.250. The van der Waals surface area contributed by atoms with E-state index in [2.05, 4.69) is 15.0 Å². The van der Waals surface area contributed by atoms with Crippen molar-refractivity contribution in [2.75, 3.05) is 11.9 Å². The number of pyridine rings is 1. The number of anilines is 1. The van der Waals surface area contributed by atoms with E-state index < -0.39 is 30.5 Å². The van der Waals surface area contributed by atoms with Crippen LogP contribution in [-0.4, -0.2) is 30.0 Å². The maximum Gasteiger partial charge on any atom is 0.387 e. The minimum atomic E-state index is -3.09. The summed E-state index contributed by atoms with van der Waals surface area (Å²) in [5, 5.41) is 2.84. The number of hydrogen-bond donors (Lipinski definition) is 2. The van der Waals surface area contributed by atoms with E-state index in [0.717, 1.165) is 23.5 Å². The summed E-state index contributed by atoms with van der Waals surface area (Å²) in [4.78, 5) is 28.7. The van der Waals surface area contributed by atoms with Gasteiger partial charge in [0, 0.05) is 10.9 Å². The number of aromatic nitrogens is 1. The van der Waals surface area contributed by atoms with E-state index >= 15 is 0 Å². The van der Waals surface area contributed by atoms with Crippen molar-refractivity contribution in [1.82, 2.24) is 4.98 Å². The van der Waals surface area contributed by atoms with E-state index in [0.29, 0.717) is 10.9 Å². The van der Waals surface area contributed by atoms with E-state index in [-0.39, 0.29) is 39.1 Å². The molecule has 0 spiro atoms. The highest BCUT2D eigenvalue weighted by atomic mass is 32.1. The topological polar surface area (TPSA) is 104 Å². The summed E-state index contributed by atoms with van der Waals surface area (Å²) >= 11 is 0.774. The van der Waals surface area contributed by atoms with Gasteiger partial charge in [0.25, 0.3) is 18.2 Å². The molecule has 0 aliphatic carbocycles. The Bertz CT molecular complexity index is 1180. The first-order valence-corrected chi connectivity index (χ1v) is 9.99. The molecule has 7 nitrogen and oxygen atoms in total. The monoisotopic (exact) mass is 471 g/mol. The fourth-order valence-corrected chi connectivity index (χ4v) is 4.07. The molecule has 32 heavy (non-hydrogen) atoms. The third kappa shape index (κ3) is 4.74. The first kappa shape index (κ1) is 23.3. The highest BCUT2D eigenvalue weighted by Crippen LogP contribution is 2.39. The van der Waals surface area contributed by atoms with Crippen LogP contribution in [0.25, 0.3) is 10.2 Å². The quantitative estimate of drug-likeness (QED) is 0.455. The SMILES string of the molecule is CCOc1cc(C(=O)Nc2c(C(N)=O)sc3nc(C(F)F)cc(C)c23)ccc1OC(F)F. The number of nitrogens with one attached hydrogen (secondary N) is 1. The van der Waals surface area contributed by atoms with Crippen LogP contribution in [0.3, 0.4) is 0 Å². The van der Waals surface area contributed by atoms with Crippen LogP contribution >= 0.6 is 11.3 Å². The Kier molecular flexibility index (Phi) is 6.82. The minimum Gasteiger partial charge on any atom is -0.490 e. The lowest BCUT2D eigenvalue weighted by Crippen LogP contribution is -2.17. The molecule has 0 radical (unpaired) electrons. The number of thiophene rings is 1. The lowest BCUT2D eigenvalue weighted by atomic mass is 10.1. The van der Waals surface area contributed by atoms with Gasteiger partial charge in [-0.2, -0.15) is 8.78 Å². The molecule has 0 saturated heterocycles. The second-order valence-corrected chi connectivity index (χ2v) is 7.44. The van der Waals surface area contributed by atoms with Crippen LogP contribution in [0.2, 0.25) is 0 Å². The molecule has 3 rings (SSSR count). The van der Waals surface area contributed by atoms with Gasteiger partial charge in [0.1, 0.15) is 15.4 Å². The average Bonchev–Trinajstić information content (AvgIpc) is 3.08. The van der Waals surface area contributed by atoms with Gasteiger partial charge in [-0.15, -0.1) is 11.3 Å². The van der Waals surface area contributed by atoms with Gasteiger partial charge in [0.05, 0.1) is 12.3 Å². The molecule has 0 saturated carbocycles. The Labute approximate surface area is 183 Å². The molecule has 0 atom stereocenters. The van der Waals surface area contributed by atoms with Crippen LogP contribution in [0, 0.1) is 6.92 Å². The maximum absolute atomic E-state index is 13.1. The lowest BCUT2D eigenvalue weighted by Gasteiger charge is -2.13. The Morgan fingerprint density at radius 2 is 1.91 bits per heavy atom. The second-order valence-electron chi connectivity index (χ2n) is 6.44. The van der Waals surface area contributed by atoms with Crippen LogP contribution in [-0.2, 0) is 0 Å². The molecular formula is C20H17F4N3O4S. The number of nitrogens with zero attached hydrogens (tertiary/aromatic N) is 1. The van der Waals surface area contributed by atoms with Gasteiger partial charge in [-0.05, 0) is 43.7 Å². The molecule has 2 heterocycles. The summed E-state index contributed by atoms with van der Waals surface area (Å²) in [5.74, 6) is -1.92. The van der Waals surface area contributed by atoms with E-state index in [1.807, 2.05) is 0 Å². The van der Waals surface area contributed by atoms with Gasteiger partial charge < -0.3 is 20.5 Å². The Hall–Kier alpha value is -3.41. The molecule has 3 N–H and O–H groups in total. The molecule has 0 unspecified atom stereocenters. The molecule has 0 aliphatic heterocycles. The van der Waals surface area contributed by atoms with Crippen molar-refractivity contribution in [2.24, 2.45) is 5.73 Å². The number of rotatable bonds is 8. The molecule has 0 bridgehead atoms. The number of ether oxygens (including phenoxy) is 2. The molecule has 2 amide bonds. The Morgan fingerprint density at radius 3 is 2.50 bits per heavy atom. The van der Waals surface area contributed by atoms with E-state index in [1.54, 1.807) is 6.92 Å². The van der Waals surface area contributed by atoms with Gasteiger partial charge >= 0.3 is 6.61 Å². The van der Waals surface area contributed by atoms with Gasteiger partial charge in [0.15, 0.2) is 11.5 Å². The smallest absolute Gasteiger partial charge is 0.387 e. The number of primary amides is 1. The van der Waals surface area contributed by atoms with E-state index in [1.165, 1.54) is 19.1 Å². The maximum atomic E-state index is 13.1. The molecular weight excluding hydrogens is 454 g/mol. The van der Waals surface area contributed by atoms with Crippen molar-refractivity contribution in [2.45, 2.75) is 26.9 Å². The van der Waals surface area contributed by atoms with Crippen LogP contribution in [0.15, 0.2) is 24.3 Å². The zero-order valence-electron chi connectivity index (χ0n) is 16.7. The van der Waals surface area contributed by atoms with Crippen molar-refractivity contribution < 1.29 is 36.6 Å². The molecule has 12 heteroatoms. The van der Waals surface area contributed by atoms with Crippen LogP contribution in [0.1, 0.15) is 44.6 Å². The third-order valence-electron chi connectivity index (χ3n) is 4.29. The number of fused-ring (bicyclic) bond motifs is 1. The zero-order valence-corrected chi connectivity index (χ0v) is 17.6. The number of aryl methyl sites for hydroxylation is 1. The van der Waals surface area contributed by atoms with E-state index in [9.17, 15) is 27.2 Å². The summed E-state index contributed by atoms with van der Waals surface area (Å²) in [6.45, 7) is 0.201. The van der Waals surface area contributed by atoms with Crippen LogP contribution in [0.5, 0.6) is 11.5 Å². The third-order valence-corrected chi connectivity index (χ3v) is 5.38. The van der Waals surface area contributed by atoms with Crippen molar-refractivity contribution in [1.29, 1.82) is 0 Å². The van der Waals surface area contributed by atoms with Crippen molar-refractivity contribution >= 4 is 39.1 Å². The number of carbonyl (C=O) groups excluding carboxylic acids is 2. The van der Waals surface area contributed by atoms with Crippen LogP contribution in [0.4, 0.5) is 23.2 Å². The highest BCUT2D eigenvalue weighted by molar-refractivity contribution is 7.21. The Balaban J connectivity index is 2.03. The summed E-state index contributed by atoms with van der Waals surface area (Å²) in [6.07, 6.45) is -2.82. The lowest BCUT2D eigenvalue weighted by molar-refractivity contribution is -0.0514. The standard InChI is InChI=1S/C20H17F4N3O4S/c1-3-30-12-7-9(4-5-11(12)31-20(23)24)18(29)27-14-13-8(2)6-10(16(21)22)26-19(13)32-15(14)17(25)28/h4-7,16,20H,3H2,1-2H3,(H2,25,28)(H,27,29).